The van der Waals surface area contributed by atoms with Gasteiger partial charge in [0.1, 0.15) is 4.88 Å². The molecule has 0 radical (unpaired) electrons. The second-order valence-corrected chi connectivity index (χ2v) is 6.68. The van der Waals surface area contributed by atoms with Crippen LogP contribution < -0.4 is 5.73 Å². The number of benzene rings is 1. The number of anilines is 1. The quantitative estimate of drug-likeness (QED) is 0.848. The van der Waals surface area contributed by atoms with Crippen molar-refractivity contribution in [2.75, 3.05) is 18.8 Å². The third-order valence-electron chi connectivity index (χ3n) is 3.96. The van der Waals surface area contributed by atoms with Crippen molar-refractivity contribution >= 4 is 33.0 Å². The Morgan fingerprint density at radius 2 is 2.00 bits per heavy atom. The molecule has 1 fully saturated rings. The van der Waals surface area contributed by atoms with E-state index in [1.165, 1.54) is 11.3 Å². The highest BCUT2D eigenvalue weighted by atomic mass is 32.1. The van der Waals surface area contributed by atoms with Crippen LogP contribution in [0.1, 0.15) is 29.4 Å². The fraction of sp³-hybridized carbons (Fsp3) is 0.400. The van der Waals surface area contributed by atoms with Crippen LogP contribution in [-0.2, 0) is 0 Å². The van der Waals surface area contributed by atoms with E-state index in [9.17, 15) is 9.90 Å². The molecule has 2 heterocycles. The van der Waals surface area contributed by atoms with Gasteiger partial charge in [0.15, 0.2) is 0 Å². The average molecular weight is 290 g/mol. The molecule has 20 heavy (non-hydrogen) atoms. The molecule has 0 atom stereocenters. The molecular formula is C15H18N2O2S. The number of piperidine rings is 1. The fourth-order valence-corrected chi connectivity index (χ4v) is 3.65. The van der Waals surface area contributed by atoms with Crippen LogP contribution in [0.15, 0.2) is 24.3 Å². The minimum atomic E-state index is -0.650. The van der Waals surface area contributed by atoms with E-state index in [2.05, 4.69) is 0 Å². The summed E-state index contributed by atoms with van der Waals surface area (Å²) in [5, 5.41) is 10.9. The van der Waals surface area contributed by atoms with E-state index in [1.54, 1.807) is 4.90 Å². The van der Waals surface area contributed by atoms with Crippen molar-refractivity contribution in [3.05, 3.63) is 29.1 Å². The number of carbonyl (C=O) groups excluding carboxylic acids is 1. The summed E-state index contributed by atoms with van der Waals surface area (Å²) in [6.07, 6.45) is 1.23. The number of hydrogen-bond acceptors (Lipinski definition) is 4. The van der Waals surface area contributed by atoms with Gasteiger partial charge in [-0.1, -0.05) is 18.2 Å². The van der Waals surface area contributed by atoms with E-state index >= 15 is 0 Å². The molecule has 3 rings (SSSR count). The number of nitrogen functional groups attached to an aromatic ring is 1. The molecule has 106 valence electrons. The van der Waals surface area contributed by atoms with Gasteiger partial charge in [-0.3, -0.25) is 4.79 Å². The molecule has 1 saturated heterocycles. The summed E-state index contributed by atoms with van der Waals surface area (Å²) in [7, 11) is 0. The number of nitrogens with zero attached hydrogens (tertiary/aromatic N) is 1. The van der Waals surface area contributed by atoms with Crippen molar-refractivity contribution in [1.82, 2.24) is 4.90 Å². The molecule has 1 aliphatic heterocycles. The standard InChI is InChI=1S/C15H18N2O2S/c1-15(19)6-8-17(9-7-15)14(18)13-12(16)10-4-2-3-5-11(10)20-13/h2-5,19H,6-9,16H2,1H3. The lowest BCUT2D eigenvalue weighted by Gasteiger charge is -2.35. The van der Waals surface area contributed by atoms with Crippen LogP contribution in [0.25, 0.3) is 10.1 Å². The maximum atomic E-state index is 12.6. The normalized spacial score (nSPS) is 18.4. The molecule has 0 bridgehead atoms. The second-order valence-electron chi connectivity index (χ2n) is 5.63. The molecule has 1 aromatic heterocycles. The summed E-state index contributed by atoms with van der Waals surface area (Å²) in [6.45, 7) is 2.99. The summed E-state index contributed by atoms with van der Waals surface area (Å²) in [5.74, 6) is -0.0146. The smallest absolute Gasteiger partial charge is 0.266 e. The van der Waals surface area contributed by atoms with E-state index < -0.39 is 5.60 Å². The van der Waals surface area contributed by atoms with Crippen LogP contribution in [0, 0.1) is 0 Å². The molecular weight excluding hydrogens is 272 g/mol. The van der Waals surface area contributed by atoms with Gasteiger partial charge < -0.3 is 15.7 Å². The van der Waals surface area contributed by atoms with E-state index in [0.717, 1.165) is 10.1 Å². The number of amides is 1. The Morgan fingerprint density at radius 3 is 2.65 bits per heavy atom. The molecule has 5 heteroatoms. The van der Waals surface area contributed by atoms with Crippen LogP contribution >= 0.6 is 11.3 Å². The minimum absolute atomic E-state index is 0.0146. The van der Waals surface area contributed by atoms with Crippen molar-refractivity contribution < 1.29 is 9.90 Å². The maximum absolute atomic E-state index is 12.6. The Labute approximate surface area is 121 Å². The Kier molecular flexibility index (Phi) is 3.18. The number of likely N-dealkylation sites (tertiary alicyclic amines) is 1. The number of aliphatic hydroxyl groups is 1. The molecule has 1 aliphatic rings. The predicted octanol–water partition coefficient (Wildman–Crippen LogP) is 2.47. The lowest BCUT2D eigenvalue weighted by Crippen LogP contribution is -2.45. The highest BCUT2D eigenvalue weighted by Gasteiger charge is 2.31. The zero-order valence-corrected chi connectivity index (χ0v) is 12.2. The fourth-order valence-electron chi connectivity index (χ4n) is 2.56. The number of carbonyl (C=O) groups is 1. The lowest BCUT2D eigenvalue weighted by molar-refractivity contribution is -0.00184. The maximum Gasteiger partial charge on any atom is 0.266 e. The van der Waals surface area contributed by atoms with Gasteiger partial charge in [-0.2, -0.15) is 0 Å². The van der Waals surface area contributed by atoms with E-state index in [1.807, 2.05) is 31.2 Å². The Hall–Kier alpha value is -1.59. The van der Waals surface area contributed by atoms with Crippen LogP contribution in [-0.4, -0.2) is 34.6 Å². The van der Waals surface area contributed by atoms with Crippen molar-refractivity contribution in [2.24, 2.45) is 0 Å². The van der Waals surface area contributed by atoms with Gasteiger partial charge in [-0.15, -0.1) is 11.3 Å². The molecule has 0 spiro atoms. The molecule has 1 amide bonds. The molecule has 1 aromatic carbocycles. The molecule has 3 N–H and O–H groups in total. The number of nitrogens with two attached hydrogens (primary N) is 1. The first-order valence-corrected chi connectivity index (χ1v) is 7.58. The van der Waals surface area contributed by atoms with E-state index in [4.69, 9.17) is 5.73 Å². The first kappa shape index (κ1) is 13.4. The molecule has 2 aromatic rings. The van der Waals surface area contributed by atoms with Gasteiger partial charge >= 0.3 is 0 Å². The number of rotatable bonds is 1. The van der Waals surface area contributed by atoms with E-state index in [0.29, 0.717) is 36.5 Å². The number of fused-ring (bicyclic) bond motifs is 1. The van der Waals surface area contributed by atoms with Crippen molar-refractivity contribution in [2.45, 2.75) is 25.4 Å². The van der Waals surface area contributed by atoms with Gasteiger partial charge in [0.25, 0.3) is 5.91 Å². The minimum Gasteiger partial charge on any atom is -0.397 e. The van der Waals surface area contributed by atoms with Crippen LogP contribution in [0.5, 0.6) is 0 Å². The van der Waals surface area contributed by atoms with Crippen molar-refractivity contribution in [3.8, 4) is 0 Å². The van der Waals surface area contributed by atoms with Gasteiger partial charge in [0.2, 0.25) is 0 Å². The van der Waals surface area contributed by atoms with Crippen molar-refractivity contribution in [1.29, 1.82) is 0 Å². The zero-order valence-electron chi connectivity index (χ0n) is 11.4. The summed E-state index contributed by atoms with van der Waals surface area (Å²) in [4.78, 5) is 15.0. The van der Waals surface area contributed by atoms with Gasteiger partial charge in [-0.25, -0.2) is 0 Å². The molecule has 0 saturated carbocycles. The van der Waals surface area contributed by atoms with Gasteiger partial charge in [-0.05, 0) is 25.8 Å². The third kappa shape index (κ3) is 2.27. The lowest BCUT2D eigenvalue weighted by atomic mass is 9.94. The average Bonchev–Trinajstić information content (AvgIpc) is 2.76. The number of thiophene rings is 1. The first-order chi connectivity index (χ1) is 9.48. The van der Waals surface area contributed by atoms with Crippen LogP contribution in [0.4, 0.5) is 5.69 Å². The van der Waals surface area contributed by atoms with Crippen LogP contribution in [0.2, 0.25) is 0 Å². The molecule has 4 nitrogen and oxygen atoms in total. The Bertz CT molecular complexity index is 653. The first-order valence-electron chi connectivity index (χ1n) is 6.77. The Morgan fingerprint density at radius 1 is 1.35 bits per heavy atom. The molecule has 0 aliphatic carbocycles. The SMILES string of the molecule is CC1(O)CCN(C(=O)c2sc3ccccc3c2N)CC1. The Balaban J connectivity index is 1.88. The highest BCUT2D eigenvalue weighted by Crippen LogP contribution is 2.35. The predicted molar refractivity (Wildman–Crippen MR) is 82.0 cm³/mol. The second kappa shape index (κ2) is 4.75. The highest BCUT2D eigenvalue weighted by molar-refractivity contribution is 7.21. The van der Waals surface area contributed by atoms with Gasteiger partial charge in [0.05, 0.1) is 11.3 Å². The third-order valence-corrected chi connectivity index (χ3v) is 5.13. The summed E-state index contributed by atoms with van der Waals surface area (Å²) < 4.78 is 1.04. The number of hydrogen-bond donors (Lipinski definition) is 2. The summed E-state index contributed by atoms with van der Waals surface area (Å²) in [6, 6.07) is 7.80. The monoisotopic (exact) mass is 290 g/mol. The van der Waals surface area contributed by atoms with Crippen molar-refractivity contribution in [3.63, 3.8) is 0 Å². The largest absolute Gasteiger partial charge is 0.397 e. The molecule has 0 unspecified atom stereocenters. The summed E-state index contributed by atoms with van der Waals surface area (Å²) in [5.41, 5.74) is 6.04. The summed E-state index contributed by atoms with van der Waals surface area (Å²) >= 11 is 1.45. The topological polar surface area (TPSA) is 66.6 Å². The van der Waals surface area contributed by atoms with Gasteiger partial charge in [0, 0.05) is 23.2 Å². The van der Waals surface area contributed by atoms with E-state index in [-0.39, 0.29) is 5.91 Å². The zero-order chi connectivity index (χ0) is 14.3. The van der Waals surface area contributed by atoms with Crippen LogP contribution in [0.3, 0.4) is 0 Å².